The number of ether oxygens (including phenoxy) is 2. The molecule has 132 valence electrons. The van der Waals surface area contributed by atoms with Crippen LogP contribution in [0.5, 0.6) is 11.5 Å². The molecule has 0 bridgehead atoms. The van der Waals surface area contributed by atoms with Crippen LogP contribution in [0.3, 0.4) is 0 Å². The zero-order valence-electron chi connectivity index (χ0n) is 14.0. The van der Waals surface area contributed by atoms with Gasteiger partial charge in [0.25, 0.3) is 11.8 Å². The predicted octanol–water partition coefficient (Wildman–Crippen LogP) is 2.86. The normalized spacial score (nSPS) is 10.0. The molecule has 6 nitrogen and oxygen atoms in total. The summed E-state index contributed by atoms with van der Waals surface area (Å²) in [5.74, 6) is 0.0372. The lowest BCUT2D eigenvalue weighted by molar-refractivity contribution is -0.123. The topological polar surface area (TPSA) is 76.7 Å². The van der Waals surface area contributed by atoms with E-state index in [2.05, 4.69) is 33.7 Å². The number of hydrazine groups is 1. The van der Waals surface area contributed by atoms with Crippen LogP contribution in [0.4, 0.5) is 0 Å². The fourth-order valence-electron chi connectivity index (χ4n) is 2.06. The van der Waals surface area contributed by atoms with Crippen LogP contribution >= 0.6 is 15.9 Å². The van der Waals surface area contributed by atoms with Gasteiger partial charge in [-0.3, -0.25) is 20.4 Å². The number of nitrogens with one attached hydrogen (secondary N) is 2. The summed E-state index contributed by atoms with van der Waals surface area (Å²) in [5, 5.41) is 0. The van der Waals surface area contributed by atoms with E-state index in [0.29, 0.717) is 17.1 Å². The smallest absolute Gasteiger partial charge is 0.276 e. The van der Waals surface area contributed by atoms with Gasteiger partial charge in [0.05, 0.1) is 12.7 Å². The molecule has 2 aromatic carbocycles. The van der Waals surface area contributed by atoms with Crippen molar-refractivity contribution in [2.24, 2.45) is 0 Å². The van der Waals surface area contributed by atoms with E-state index in [1.54, 1.807) is 30.3 Å². The molecule has 7 heteroatoms. The molecular weight excluding hydrogens is 388 g/mol. The fourth-order valence-corrected chi connectivity index (χ4v) is 2.42. The maximum atomic E-state index is 12.2. The zero-order valence-corrected chi connectivity index (χ0v) is 15.6. The first-order chi connectivity index (χ1) is 12.0. The molecule has 0 radical (unpaired) electrons. The maximum absolute atomic E-state index is 12.2. The van der Waals surface area contributed by atoms with Gasteiger partial charge in [0.15, 0.2) is 6.61 Å². The van der Waals surface area contributed by atoms with Gasteiger partial charge >= 0.3 is 0 Å². The molecule has 0 saturated heterocycles. The van der Waals surface area contributed by atoms with Crippen molar-refractivity contribution in [3.8, 4) is 11.5 Å². The minimum Gasteiger partial charge on any atom is -0.496 e. The first-order valence-electron chi connectivity index (χ1n) is 7.68. The number of benzene rings is 2. The highest BCUT2D eigenvalue weighted by atomic mass is 79.9. The van der Waals surface area contributed by atoms with Crippen LogP contribution in [-0.4, -0.2) is 25.5 Å². The molecule has 2 amide bonds. The summed E-state index contributed by atoms with van der Waals surface area (Å²) in [6.45, 7) is 1.85. The van der Waals surface area contributed by atoms with Gasteiger partial charge in [0, 0.05) is 4.47 Å². The van der Waals surface area contributed by atoms with Crippen molar-refractivity contribution in [1.82, 2.24) is 10.9 Å². The van der Waals surface area contributed by atoms with E-state index in [1.165, 1.54) is 12.7 Å². The highest BCUT2D eigenvalue weighted by molar-refractivity contribution is 9.10. The molecular formula is C18H19BrN2O4. The predicted molar refractivity (Wildman–Crippen MR) is 97.6 cm³/mol. The highest BCUT2D eigenvalue weighted by Crippen LogP contribution is 2.22. The van der Waals surface area contributed by atoms with Gasteiger partial charge in [-0.2, -0.15) is 0 Å². The molecule has 0 atom stereocenters. The molecule has 0 unspecified atom stereocenters. The molecule has 0 aromatic heterocycles. The Bertz CT molecular complexity index is 747. The lowest BCUT2D eigenvalue weighted by Gasteiger charge is -2.11. The van der Waals surface area contributed by atoms with Gasteiger partial charge < -0.3 is 9.47 Å². The number of aryl methyl sites for hydroxylation is 1. The first-order valence-corrected chi connectivity index (χ1v) is 8.47. The quantitative estimate of drug-likeness (QED) is 0.723. The van der Waals surface area contributed by atoms with E-state index in [0.717, 1.165) is 10.9 Å². The third-order valence-corrected chi connectivity index (χ3v) is 3.92. The summed E-state index contributed by atoms with van der Waals surface area (Å²) < 4.78 is 11.2. The second kappa shape index (κ2) is 9.08. The molecule has 2 N–H and O–H groups in total. The van der Waals surface area contributed by atoms with Crippen LogP contribution in [0.1, 0.15) is 22.8 Å². The average Bonchev–Trinajstić information content (AvgIpc) is 2.64. The molecule has 2 aromatic rings. The summed E-state index contributed by atoms with van der Waals surface area (Å²) in [6.07, 6.45) is 0.936. The molecule has 0 aliphatic rings. The summed E-state index contributed by atoms with van der Waals surface area (Å²) in [5.41, 5.74) is 6.13. The Morgan fingerprint density at radius 3 is 2.44 bits per heavy atom. The third-order valence-electron chi connectivity index (χ3n) is 3.42. The van der Waals surface area contributed by atoms with Crippen LogP contribution in [0, 0.1) is 0 Å². The van der Waals surface area contributed by atoms with Gasteiger partial charge in [0.2, 0.25) is 0 Å². The van der Waals surface area contributed by atoms with E-state index in [1.807, 2.05) is 12.1 Å². The van der Waals surface area contributed by atoms with Crippen molar-refractivity contribution in [2.45, 2.75) is 13.3 Å². The van der Waals surface area contributed by atoms with Crippen LogP contribution in [0.2, 0.25) is 0 Å². The Morgan fingerprint density at radius 1 is 1.08 bits per heavy atom. The maximum Gasteiger partial charge on any atom is 0.276 e. The standard InChI is InChI=1S/C18H19BrN2O4/c1-3-12-4-7-14(8-5-12)25-11-17(22)20-21-18(23)15-10-13(19)6-9-16(15)24-2/h4-10H,3,11H2,1-2H3,(H,20,22)(H,21,23). The van der Waals surface area contributed by atoms with Crippen molar-refractivity contribution < 1.29 is 19.1 Å². The van der Waals surface area contributed by atoms with Gasteiger partial charge in [-0.15, -0.1) is 0 Å². The molecule has 0 spiro atoms. The Kier molecular flexibility index (Phi) is 6.82. The third kappa shape index (κ3) is 5.49. The number of amides is 2. The second-order valence-corrected chi connectivity index (χ2v) is 6.05. The Hall–Kier alpha value is -2.54. The number of rotatable bonds is 6. The fraction of sp³-hybridized carbons (Fsp3) is 0.222. The molecule has 0 heterocycles. The Morgan fingerprint density at radius 2 is 1.80 bits per heavy atom. The van der Waals surface area contributed by atoms with Gasteiger partial charge in [-0.05, 0) is 42.3 Å². The van der Waals surface area contributed by atoms with Crippen molar-refractivity contribution >= 4 is 27.7 Å². The summed E-state index contributed by atoms with van der Waals surface area (Å²) in [4.78, 5) is 24.0. The van der Waals surface area contributed by atoms with Crippen LogP contribution < -0.4 is 20.3 Å². The monoisotopic (exact) mass is 406 g/mol. The molecule has 0 saturated carbocycles. The minimum absolute atomic E-state index is 0.207. The Balaban J connectivity index is 1.85. The number of carbonyl (C=O) groups excluding carboxylic acids is 2. The Labute approximate surface area is 154 Å². The van der Waals surface area contributed by atoms with Gasteiger partial charge in [-0.1, -0.05) is 35.0 Å². The minimum atomic E-state index is -0.487. The molecule has 0 fully saturated rings. The number of carbonyl (C=O) groups is 2. The van der Waals surface area contributed by atoms with Gasteiger partial charge in [-0.25, -0.2) is 0 Å². The summed E-state index contributed by atoms with van der Waals surface area (Å²) >= 11 is 3.29. The molecule has 0 aliphatic heterocycles. The summed E-state index contributed by atoms with van der Waals surface area (Å²) in [7, 11) is 1.47. The lowest BCUT2D eigenvalue weighted by Crippen LogP contribution is -2.43. The van der Waals surface area contributed by atoms with E-state index < -0.39 is 11.8 Å². The van der Waals surface area contributed by atoms with Crippen molar-refractivity contribution in [1.29, 1.82) is 0 Å². The molecule has 25 heavy (non-hydrogen) atoms. The SMILES string of the molecule is CCc1ccc(OCC(=O)NNC(=O)c2cc(Br)ccc2OC)cc1. The van der Waals surface area contributed by atoms with Crippen molar-refractivity contribution in [2.75, 3.05) is 13.7 Å². The zero-order chi connectivity index (χ0) is 18.2. The van der Waals surface area contributed by atoms with Crippen LogP contribution in [-0.2, 0) is 11.2 Å². The largest absolute Gasteiger partial charge is 0.496 e. The van der Waals surface area contributed by atoms with Crippen LogP contribution in [0.15, 0.2) is 46.9 Å². The van der Waals surface area contributed by atoms with Crippen LogP contribution in [0.25, 0.3) is 0 Å². The molecule has 0 aliphatic carbocycles. The summed E-state index contributed by atoms with van der Waals surface area (Å²) in [6, 6.07) is 12.5. The highest BCUT2D eigenvalue weighted by Gasteiger charge is 2.13. The van der Waals surface area contributed by atoms with E-state index in [4.69, 9.17) is 9.47 Å². The van der Waals surface area contributed by atoms with Gasteiger partial charge in [0.1, 0.15) is 11.5 Å². The second-order valence-electron chi connectivity index (χ2n) is 5.13. The van der Waals surface area contributed by atoms with E-state index in [9.17, 15) is 9.59 Å². The first kappa shape index (κ1) is 18.8. The number of halogens is 1. The molecule has 2 rings (SSSR count). The number of methoxy groups -OCH3 is 1. The average molecular weight is 407 g/mol. The lowest BCUT2D eigenvalue weighted by atomic mass is 10.2. The van der Waals surface area contributed by atoms with Crippen molar-refractivity contribution in [3.05, 3.63) is 58.1 Å². The number of hydrogen-bond acceptors (Lipinski definition) is 4. The number of hydrogen-bond donors (Lipinski definition) is 2. The van der Waals surface area contributed by atoms with E-state index >= 15 is 0 Å². The van der Waals surface area contributed by atoms with E-state index in [-0.39, 0.29) is 6.61 Å². The van der Waals surface area contributed by atoms with Crippen molar-refractivity contribution in [3.63, 3.8) is 0 Å².